The summed E-state index contributed by atoms with van der Waals surface area (Å²) >= 11 is 0. The number of benzene rings is 1. The van der Waals surface area contributed by atoms with Gasteiger partial charge in [0.15, 0.2) is 0 Å². The van der Waals surface area contributed by atoms with Crippen molar-refractivity contribution in [3.05, 3.63) is 66.4 Å². The number of halogens is 2. The van der Waals surface area contributed by atoms with Crippen molar-refractivity contribution >= 4 is 11.6 Å². The van der Waals surface area contributed by atoms with Crippen LogP contribution < -0.4 is 0 Å². The van der Waals surface area contributed by atoms with Crippen LogP contribution in [0.3, 0.4) is 0 Å². The van der Waals surface area contributed by atoms with Crippen molar-refractivity contribution in [2.45, 2.75) is 52.9 Å². The van der Waals surface area contributed by atoms with E-state index >= 15 is 0 Å². The van der Waals surface area contributed by atoms with Gasteiger partial charge in [-0.05, 0) is 60.8 Å². The van der Waals surface area contributed by atoms with Gasteiger partial charge in [0.1, 0.15) is 11.6 Å². The second-order valence-corrected chi connectivity index (χ2v) is 10.8. The van der Waals surface area contributed by atoms with Gasteiger partial charge >= 0.3 is 0 Å². The molecule has 1 spiro atoms. The third kappa shape index (κ3) is 3.77. The summed E-state index contributed by atoms with van der Waals surface area (Å²) in [4.78, 5) is 15.6. The molecule has 1 aromatic rings. The molecule has 1 unspecified atom stereocenters. The zero-order valence-corrected chi connectivity index (χ0v) is 19.8. The molecule has 1 aliphatic heterocycles. The Balaban J connectivity index is 1.59. The fourth-order valence-electron chi connectivity index (χ4n) is 6.05. The van der Waals surface area contributed by atoms with E-state index in [4.69, 9.17) is 0 Å². The highest BCUT2D eigenvalue weighted by Crippen LogP contribution is 2.60. The van der Waals surface area contributed by atoms with Crippen LogP contribution in [0.2, 0.25) is 0 Å². The summed E-state index contributed by atoms with van der Waals surface area (Å²) in [7, 11) is 0. The molecule has 1 amide bonds. The number of likely N-dealkylation sites (tertiary alicyclic amines) is 1. The summed E-state index contributed by atoms with van der Waals surface area (Å²) in [5, 5.41) is 7.76. The summed E-state index contributed by atoms with van der Waals surface area (Å²) in [5.74, 6) is -1.25. The molecule has 2 saturated carbocycles. The van der Waals surface area contributed by atoms with Crippen LogP contribution in [-0.4, -0.2) is 23.9 Å². The van der Waals surface area contributed by atoms with Gasteiger partial charge in [-0.25, -0.2) is 8.78 Å². The third-order valence-corrected chi connectivity index (χ3v) is 8.69. The predicted octanol–water partition coefficient (Wildman–Crippen LogP) is 6.91. The number of amides is 1. The summed E-state index contributed by atoms with van der Waals surface area (Å²) in [5.41, 5.74) is -0.0159. The van der Waals surface area contributed by atoms with Crippen LogP contribution in [0.25, 0.3) is 5.70 Å². The number of hydrogen-bond donors (Lipinski definition) is 0. The lowest BCUT2D eigenvalue weighted by molar-refractivity contribution is -0.165. The average molecular weight is 454 g/mol. The van der Waals surface area contributed by atoms with Crippen molar-refractivity contribution < 1.29 is 13.6 Å². The number of allylic oxidation sites excluding steroid dienone is 2. The van der Waals surface area contributed by atoms with Crippen molar-refractivity contribution in [1.29, 1.82) is 0 Å². The molecule has 4 nitrogen and oxygen atoms in total. The van der Waals surface area contributed by atoms with E-state index in [1.165, 1.54) is 43.7 Å². The van der Waals surface area contributed by atoms with Crippen LogP contribution >= 0.6 is 0 Å². The molecule has 3 aliphatic rings. The second kappa shape index (κ2) is 8.30. The normalized spacial score (nSPS) is 28.0. The van der Waals surface area contributed by atoms with Crippen LogP contribution in [0.1, 0.15) is 58.4 Å². The van der Waals surface area contributed by atoms with Gasteiger partial charge < -0.3 is 4.90 Å². The van der Waals surface area contributed by atoms with Crippen molar-refractivity contribution in [3.63, 3.8) is 0 Å². The Morgan fingerprint density at radius 2 is 1.79 bits per heavy atom. The molecule has 6 heteroatoms. The number of carbonyl (C=O) groups is 1. The molecule has 0 aromatic heterocycles. The van der Waals surface area contributed by atoms with E-state index in [2.05, 4.69) is 44.2 Å². The van der Waals surface area contributed by atoms with E-state index in [-0.39, 0.29) is 28.5 Å². The molecule has 4 rings (SSSR count). The molecule has 1 heterocycles. The van der Waals surface area contributed by atoms with E-state index in [9.17, 15) is 13.6 Å². The number of nitrogens with zero attached hydrogens (tertiary/aromatic N) is 3. The monoisotopic (exact) mass is 453 g/mol. The Labute approximate surface area is 195 Å². The number of carbonyl (C=O) groups excluding carboxylic acids is 1. The number of azo groups is 1. The summed E-state index contributed by atoms with van der Waals surface area (Å²) in [6, 6.07) is 3.69. The Bertz CT molecular complexity index is 1030. The minimum Gasteiger partial charge on any atom is -0.341 e. The molecule has 176 valence electrons. The molecule has 0 radical (unpaired) electrons. The lowest BCUT2D eigenvalue weighted by Crippen LogP contribution is -2.64. The SMILES string of the molecule is C=C/N=N\C(=C/C(=C)C1CC[C@](C)(C(=O)N2CC3(CCC3)C2)C1(C)C)c1c(F)cccc1F. The Kier molecular flexibility index (Phi) is 5.92. The molecule has 2 aliphatic carbocycles. The molecule has 33 heavy (non-hydrogen) atoms. The second-order valence-electron chi connectivity index (χ2n) is 10.8. The summed E-state index contributed by atoms with van der Waals surface area (Å²) in [6.45, 7) is 15.8. The highest BCUT2D eigenvalue weighted by atomic mass is 19.1. The first-order valence-electron chi connectivity index (χ1n) is 11.7. The quantitative estimate of drug-likeness (QED) is 0.341. The standard InChI is InChI=1S/C27H33F2N3O/c1-6-30-31-22(23-20(28)9-7-10-21(23)29)15-18(2)19-11-14-26(5,25(19,3)4)24(33)32-16-27(17-32)12-8-13-27/h6-7,9-10,15,19H,1-2,8,11-14,16-17H2,3-5H3/b22-15-,31-30-/t19?,26-/m1/s1. The molecule has 1 aromatic carbocycles. The van der Waals surface area contributed by atoms with Crippen LogP contribution in [0.4, 0.5) is 8.78 Å². The number of rotatable bonds is 6. The molecular weight excluding hydrogens is 420 g/mol. The van der Waals surface area contributed by atoms with Crippen molar-refractivity contribution in [3.8, 4) is 0 Å². The first-order chi connectivity index (χ1) is 15.5. The maximum Gasteiger partial charge on any atom is 0.229 e. The first-order valence-corrected chi connectivity index (χ1v) is 11.7. The highest BCUT2D eigenvalue weighted by Gasteiger charge is 2.60. The largest absolute Gasteiger partial charge is 0.341 e. The van der Waals surface area contributed by atoms with Crippen LogP contribution in [0, 0.1) is 33.8 Å². The maximum absolute atomic E-state index is 14.5. The molecule has 3 fully saturated rings. The van der Waals surface area contributed by atoms with Gasteiger partial charge in [-0.1, -0.05) is 46.4 Å². The maximum atomic E-state index is 14.5. The van der Waals surface area contributed by atoms with Gasteiger partial charge in [-0.3, -0.25) is 4.79 Å². The Morgan fingerprint density at radius 1 is 1.15 bits per heavy atom. The van der Waals surface area contributed by atoms with Gasteiger partial charge in [0.25, 0.3) is 0 Å². The zero-order chi connectivity index (χ0) is 24.0. The average Bonchev–Trinajstić information content (AvgIpc) is 2.93. The smallest absolute Gasteiger partial charge is 0.229 e. The van der Waals surface area contributed by atoms with Crippen molar-refractivity contribution in [2.24, 2.45) is 32.4 Å². The van der Waals surface area contributed by atoms with Crippen LogP contribution in [0.5, 0.6) is 0 Å². The van der Waals surface area contributed by atoms with E-state index < -0.39 is 17.0 Å². The topological polar surface area (TPSA) is 45.0 Å². The molecular formula is C27H33F2N3O. The minimum absolute atomic E-state index is 0.0332. The van der Waals surface area contributed by atoms with Gasteiger partial charge in [-0.2, -0.15) is 10.2 Å². The first kappa shape index (κ1) is 23.5. The predicted molar refractivity (Wildman–Crippen MR) is 126 cm³/mol. The molecule has 2 atom stereocenters. The fraction of sp³-hybridized carbons (Fsp3) is 0.519. The van der Waals surface area contributed by atoms with E-state index in [1.807, 2.05) is 4.90 Å². The van der Waals surface area contributed by atoms with Gasteiger partial charge in [-0.15, -0.1) is 0 Å². The molecule has 0 bridgehead atoms. The lowest BCUT2D eigenvalue weighted by atomic mass is 9.60. The fourth-order valence-corrected chi connectivity index (χ4v) is 6.05. The molecule has 0 N–H and O–H groups in total. The van der Waals surface area contributed by atoms with Gasteiger partial charge in [0, 0.05) is 24.7 Å². The summed E-state index contributed by atoms with van der Waals surface area (Å²) < 4.78 is 29.0. The zero-order valence-electron chi connectivity index (χ0n) is 19.8. The van der Waals surface area contributed by atoms with E-state index in [0.29, 0.717) is 11.0 Å². The minimum atomic E-state index is -0.717. The van der Waals surface area contributed by atoms with Crippen molar-refractivity contribution in [1.82, 2.24) is 4.90 Å². The third-order valence-electron chi connectivity index (χ3n) is 8.69. The van der Waals surface area contributed by atoms with Crippen LogP contribution in [-0.2, 0) is 4.79 Å². The number of hydrogen-bond acceptors (Lipinski definition) is 3. The van der Waals surface area contributed by atoms with E-state index in [0.717, 1.165) is 25.9 Å². The van der Waals surface area contributed by atoms with Gasteiger partial charge in [0.05, 0.1) is 16.7 Å². The Hall–Kier alpha value is -2.63. The summed E-state index contributed by atoms with van der Waals surface area (Å²) in [6.07, 6.45) is 8.07. The van der Waals surface area contributed by atoms with Crippen LogP contribution in [0.15, 0.2) is 59.4 Å². The lowest BCUT2D eigenvalue weighted by Gasteiger charge is -2.58. The van der Waals surface area contributed by atoms with Gasteiger partial charge in [0.2, 0.25) is 5.91 Å². The Morgan fingerprint density at radius 3 is 2.33 bits per heavy atom. The van der Waals surface area contributed by atoms with E-state index in [1.54, 1.807) is 6.08 Å². The molecule has 1 saturated heterocycles. The highest BCUT2D eigenvalue weighted by molar-refractivity contribution is 5.85. The van der Waals surface area contributed by atoms with Crippen molar-refractivity contribution in [2.75, 3.05) is 13.1 Å².